The highest BCUT2D eigenvalue weighted by Gasteiger charge is 2.29. The Bertz CT molecular complexity index is 892. The van der Waals surface area contributed by atoms with Gasteiger partial charge in [0.2, 0.25) is 0 Å². The smallest absolute Gasteiger partial charge is 0.161 e. The van der Waals surface area contributed by atoms with Gasteiger partial charge in [-0.3, -0.25) is 0 Å². The summed E-state index contributed by atoms with van der Waals surface area (Å²) in [5, 5.41) is 31.5. The second-order valence-corrected chi connectivity index (χ2v) is 9.77. The number of aliphatic hydroxyl groups excluding tert-OH is 2. The second-order valence-electron chi connectivity index (χ2n) is 9.77. The fourth-order valence-corrected chi connectivity index (χ4v) is 3.34. The molecule has 3 N–H and O–H groups in total. The van der Waals surface area contributed by atoms with Crippen molar-refractivity contribution >= 4 is 0 Å². The van der Waals surface area contributed by atoms with E-state index in [1.165, 1.54) is 7.11 Å². The van der Waals surface area contributed by atoms with Crippen LogP contribution < -0.4 is 14.2 Å². The standard InChI is InChI=1S/C25H36O6/c1-24(2,3)16-9-10-18(19(13-16)29-7)31-21(14-26)22(27)15-11-17(25(4,5)6)23(28)20(12-15)30-8/h9-13,21-22,26-28H,14H2,1-8H3. The first-order chi connectivity index (χ1) is 14.3. The summed E-state index contributed by atoms with van der Waals surface area (Å²) in [6, 6.07) is 8.90. The monoisotopic (exact) mass is 432 g/mol. The Morgan fingerprint density at radius 3 is 1.94 bits per heavy atom. The molecule has 172 valence electrons. The Hall–Kier alpha value is -2.44. The Morgan fingerprint density at radius 1 is 0.839 bits per heavy atom. The SMILES string of the molecule is COc1cc(C(C)(C)C)ccc1OC(CO)C(O)c1cc(OC)c(O)c(C(C)(C)C)c1. The normalized spacial score (nSPS) is 14.1. The zero-order chi connectivity index (χ0) is 23.6. The molecule has 0 saturated carbocycles. The van der Waals surface area contributed by atoms with Crippen LogP contribution in [0.5, 0.6) is 23.0 Å². The number of ether oxygens (including phenoxy) is 3. The third-order valence-corrected chi connectivity index (χ3v) is 5.31. The molecule has 0 bridgehead atoms. The highest BCUT2D eigenvalue weighted by molar-refractivity contribution is 5.52. The predicted octanol–water partition coefficient (Wildman–Crippen LogP) is 4.48. The molecular weight excluding hydrogens is 396 g/mol. The quantitative estimate of drug-likeness (QED) is 0.598. The van der Waals surface area contributed by atoms with Gasteiger partial charge in [0.05, 0.1) is 20.8 Å². The lowest BCUT2D eigenvalue weighted by Gasteiger charge is -2.27. The summed E-state index contributed by atoms with van der Waals surface area (Å²) < 4.78 is 16.8. The number of aliphatic hydroxyl groups is 2. The van der Waals surface area contributed by atoms with Crippen LogP contribution >= 0.6 is 0 Å². The number of phenols is 1. The number of benzene rings is 2. The predicted molar refractivity (Wildman–Crippen MR) is 122 cm³/mol. The fourth-order valence-electron chi connectivity index (χ4n) is 3.34. The number of rotatable bonds is 7. The van der Waals surface area contributed by atoms with Crippen molar-refractivity contribution in [2.24, 2.45) is 0 Å². The van der Waals surface area contributed by atoms with Gasteiger partial charge in [-0.15, -0.1) is 0 Å². The van der Waals surface area contributed by atoms with Crippen LogP contribution in [-0.2, 0) is 10.8 Å². The molecule has 0 aliphatic rings. The highest BCUT2D eigenvalue weighted by atomic mass is 16.5. The van der Waals surface area contributed by atoms with Crippen molar-refractivity contribution in [3.8, 4) is 23.0 Å². The topological polar surface area (TPSA) is 88.4 Å². The maximum absolute atomic E-state index is 11.0. The largest absolute Gasteiger partial charge is 0.504 e. The molecule has 0 amide bonds. The Balaban J connectivity index is 2.42. The van der Waals surface area contributed by atoms with E-state index < -0.39 is 18.8 Å². The minimum atomic E-state index is -1.16. The van der Waals surface area contributed by atoms with Crippen molar-refractivity contribution in [2.75, 3.05) is 20.8 Å². The lowest BCUT2D eigenvalue weighted by molar-refractivity contribution is -0.000603. The van der Waals surface area contributed by atoms with Crippen LogP contribution in [0, 0.1) is 0 Å². The van der Waals surface area contributed by atoms with Gasteiger partial charge < -0.3 is 29.5 Å². The van der Waals surface area contributed by atoms with Gasteiger partial charge in [0.25, 0.3) is 0 Å². The first kappa shape index (κ1) is 24.8. The van der Waals surface area contributed by atoms with Crippen LogP contribution in [-0.4, -0.2) is 42.3 Å². The van der Waals surface area contributed by atoms with Crippen molar-refractivity contribution in [2.45, 2.75) is 64.6 Å². The Morgan fingerprint density at radius 2 is 1.45 bits per heavy atom. The molecule has 0 radical (unpaired) electrons. The molecular formula is C25H36O6. The van der Waals surface area contributed by atoms with E-state index in [2.05, 4.69) is 20.8 Å². The molecule has 6 heteroatoms. The Labute approximate surface area is 185 Å². The molecule has 2 aromatic rings. The molecule has 31 heavy (non-hydrogen) atoms. The maximum Gasteiger partial charge on any atom is 0.161 e. The number of phenolic OH excluding ortho intramolecular Hbond substituents is 1. The van der Waals surface area contributed by atoms with Crippen molar-refractivity contribution < 1.29 is 29.5 Å². The van der Waals surface area contributed by atoms with E-state index in [4.69, 9.17) is 14.2 Å². The summed E-state index contributed by atoms with van der Waals surface area (Å²) in [5.41, 5.74) is 1.74. The van der Waals surface area contributed by atoms with E-state index in [1.54, 1.807) is 25.3 Å². The summed E-state index contributed by atoms with van der Waals surface area (Å²) >= 11 is 0. The van der Waals surface area contributed by atoms with Gasteiger partial charge >= 0.3 is 0 Å². The van der Waals surface area contributed by atoms with Crippen molar-refractivity contribution in [3.05, 3.63) is 47.0 Å². The van der Waals surface area contributed by atoms with E-state index in [0.29, 0.717) is 22.6 Å². The molecule has 0 aliphatic carbocycles. The first-order valence-electron chi connectivity index (χ1n) is 10.4. The third-order valence-electron chi connectivity index (χ3n) is 5.31. The summed E-state index contributed by atoms with van der Waals surface area (Å²) in [6.45, 7) is 11.8. The fraction of sp³-hybridized carbons (Fsp3) is 0.520. The average Bonchev–Trinajstić information content (AvgIpc) is 2.70. The average molecular weight is 433 g/mol. The van der Waals surface area contributed by atoms with Gasteiger partial charge in [-0.05, 0) is 46.2 Å². The number of hydrogen-bond donors (Lipinski definition) is 3. The summed E-state index contributed by atoms with van der Waals surface area (Å²) in [4.78, 5) is 0. The van der Waals surface area contributed by atoms with Gasteiger partial charge in [-0.25, -0.2) is 0 Å². The number of methoxy groups -OCH3 is 2. The van der Waals surface area contributed by atoms with Gasteiger partial charge in [0.15, 0.2) is 29.1 Å². The molecule has 2 rings (SSSR count). The molecule has 0 saturated heterocycles. The van der Waals surface area contributed by atoms with Crippen LogP contribution in [0.1, 0.15) is 64.3 Å². The first-order valence-corrected chi connectivity index (χ1v) is 10.4. The van der Waals surface area contributed by atoms with Gasteiger partial charge in [0, 0.05) is 5.56 Å². The zero-order valence-corrected chi connectivity index (χ0v) is 19.8. The van der Waals surface area contributed by atoms with Crippen LogP contribution in [0.4, 0.5) is 0 Å². The second kappa shape index (κ2) is 9.37. The van der Waals surface area contributed by atoms with Gasteiger partial charge in [-0.1, -0.05) is 47.6 Å². The van der Waals surface area contributed by atoms with Crippen LogP contribution in [0.25, 0.3) is 0 Å². The molecule has 0 spiro atoms. The third kappa shape index (κ3) is 5.63. The van der Waals surface area contributed by atoms with Crippen LogP contribution in [0.3, 0.4) is 0 Å². The molecule has 6 nitrogen and oxygen atoms in total. The molecule has 2 unspecified atom stereocenters. The van der Waals surface area contributed by atoms with E-state index in [1.807, 2.05) is 32.9 Å². The number of hydrogen-bond acceptors (Lipinski definition) is 6. The molecule has 0 heterocycles. The number of aromatic hydroxyl groups is 1. The molecule has 2 atom stereocenters. The lowest BCUT2D eigenvalue weighted by atomic mass is 9.84. The molecule has 2 aromatic carbocycles. The highest BCUT2D eigenvalue weighted by Crippen LogP contribution is 2.41. The zero-order valence-electron chi connectivity index (χ0n) is 19.8. The van der Waals surface area contributed by atoms with E-state index in [-0.39, 0.29) is 22.3 Å². The molecule has 0 aliphatic heterocycles. The van der Waals surface area contributed by atoms with E-state index in [9.17, 15) is 15.3 Å². The van der Waals surface area contributed by atoms with Crippen molar-refractivity contribution in [1.82, 2.24) is 0 Å². The minimum absolute atomic E-state index is 0.0341. The lowest BCUT2D eigenvalue weighted by Crippen LogP contribution is -2.29. The summed E-state index contributed by atoms with van der Waals surface area (Å²) in [5.74, 6) is 1.24. The van der Waals surface area contributed by atoms with Crippen LogP contribution in [0.15, 0.2) is 30.3 Å². The maximum atomic E-state index is 11.0. The summed E-state index contributed by atoms with van der Waals surface area (Å²) in [6.07, 6.45) is -2.11. The molecule has 0 fully saturated rings. The molecule has 0 aromatic heterocycles. The Kier molecular flexibility index (Phi) is 7.50. The van der Waals surface area contributed by atoms with Crippen molar-refractivity contribution in [3.63, 3.8) is 0 Å². The van der Waals surface area contributed by atoms with Crippen LogP contribution in [0.2, 0.25) is 0 Å². The van der Waals surface area contributed by atoms with E-state index in [0.717, 1.165) is 5.56 Å². The van der Waals surface area contributed by atoms with Gasteiger partial charge in [0.1, 0.15) is 6.10 Å². The summed E-state index contributed by atoms with van der Waals surface area (Å²) in [7, 11) is 3.01. The minimum Gasteiger partial charge on any atom is -0.504 e. The van der Waals surface area contributed by atoms with E-state index >= 15 is 0 Å². The van der Waals surface area contributed by atoms with Crippen molar-refractivity contribution in [1.29, 1.82) is 0 Å². The van der Waals surface area contributed by atoms with Gasteiger partial charge in [-0.2, -0.15) is 0 Å².